The van der Waals surface area contributed by atoms with E-state index in [1.54, 1.807) is 0 Å². The van der Waals surface area contributed by atoms with Gasteiger partial charge in [-0.15, -0.1) is 10.2 Å². The highest BCUT2D eigenvalue weighted by Gasteiger charge is 2.29. The van der Waals surface area contributed by atoms with E-state index in [0.29, 0.717) is 16.9 Å². The lowest BCUT2D eigenvalue weighted by molar-refractivity contribution is 0.265. The zero-order valence-electron chi connectivity index (χ0n) is 9.48. The Morgan fingerprint density at radius 2 is 2.17 bits per heavy atom. The van der Waals surface area contributed by atoms with Crippen molar-refractivity contribution in [3.8, 4) is 11.4 Å². The monoisotopic (exact) mass is 327 g/mol. The molecule has 94 valence electrons. The number of hydrogen-bond acceptors (Lipinski definition) is 3. The highest BCUT2D eigenvalue weighted by molar-refractivity contribution is 9.10. The molecule has 1 aromatic heterocycles. The van der Waals surface area contributed by atoms with Gasteiger partial charge in [-0.25, -0.2) is 0 Å². The highest BCUT2D eigenvalue weighted by Crippen LogP contribution is 2.39. The van der Waals surface area contributed by atoms with E-state index in [4.69, 9.17) is 11.6 Å². The van der Waals surface area contributed by atoms with E-state index in [9.17, 15) is 5.11 Å². The van der Waals surface area contributed by atoms with Gasteiger partial charge in [0.25, 0.3) is 0 Å². The minimum atomic E-state index is -0.0895. The molecule has 1 aromatic carbocycles. The molecule has 0 amide bonds. The van der Waals surface area contributed by atoms with Crippen molar-refractivity contribution in [2.45, 2.75) is 25.5 Å². The standard InChI is InChI=1S/C12H11BrClN3O/c13-9-4-1-7(5-10(9)14)12-16-15-11(6-18)17(12)8-2-3-8/h1,4-5,8,18H,2-3,6H2. The molecule has 0 atom stereocenters. The van der Waals surface area contributed by atoms with Crippen molar-refractivity contribution in [1.29, 1.82) is 0 Å². The van der Waals surface area contributed by atoms with E-state index in [1.807, 2.05) is 22.8 Å². The lowest BCUT2D eigenvalue weighted by atomic mass is 10.2. The Balaban J connectivity index is 2.10. The second-order valence-electron chi connectivity index (χ2n) is 4.33. The van der Waals surface area contributed by atoms with Crippen molar-refractivity contribution in [3.05, 3.63) is 33.5 Å². The summed E-state index contributed by atoms with van der Waals surface area (Å²) in [5.41, 5.74) is 0.919. The Bertz CT molecular complexity index is 595. The van der Waals surface area contributed by atoms with Gasteiger partial charge in [0.15, 0.2) is 11.6 Å². The maximum Gasteiger partial charge on any atom is 0.164 e. The zero-order chi connectivity index (χ0) is 12.7. The molecule has 6 heteroatoms. The van der Waals surface area contributed by atoms with E-state index < -0.39 is 0 Å². The van der Waals surface area contributed by atoms with Gasteiger partial charge >= 0.3 is 0 Å². The van der Waals surface area contributed by atoms with Crippen LogP contribution in [-0.2, 0) is 6.61 Å². The van der Waals surface area contributed by atoms with Crippen LogP contribution in [0.4, 0.5) is 0 Å². The van der Waals surface area contributed by atoms with Crippen molar-refractivity contribution in [2.75, 3.05) is 0 Å². The van der Waals surface area contributed by atoms with Gasteiger partial charge in [0.05, 0.1) is 5.02 Å². The Hall–Kier alpha value is -0.910. The molecule has 0 spiro atoms. The molecule has 1 heterocycles. The Morgan fingerprint density at radius 3 is 2.78 bits per heavy atom. The number of halogens is 2. The molecular formula is C12H11BrClN3O. The molecule has 2 aromatic rings. The van der Waals surface area contributed by atoms with Crippen LogP contribution in [0.1, 0.15) is 24.7 Å². The van der Waals surface area contributed by atoms with Gasteiger partial charge in [0.1, 0.15) is 6.61 Å². The third kappa shape index (κ3) is 2.06. The van der Waals surface area contributed by atoms with E-state index in [-0.39, 0.29) is 6.61 Å². The van der Waals surface area contributed by atoms with Gasteiger partial charge in [-0.05, 0) is 47.0 Å². The summed E-state index contributed by atoms with van der Waals surface area (Å²) >= 11 is 9.46. The number of benzene rings is 1. The van der Waals surface area contributed by atoms with Crippen LogP contribution in [-0.4, -0.2) is 19.9 Å². The summed E-state index contributed by atoms with van der Waals surface area (Å²) in [5.74, 6) is 1.39. The summed E-state index contributed by atoms with van der Waals surface area (Å²) < 4.78 is 2.87. The Labute approximate surface area is 118 Å². The molecule has 0 saturated heterocycles. The normalized spacial score (nSPS) is 15.1. The van der Waals surface area contributed by atoms with Crippen LogP contribution >= 0.6 is 27.5 Å². The molecule has 1 aliphatic rings. The fourth-order valence-electron chi connectivity index (χ4n) is 1.98. The second kappa shape index (κ2) is 4.64. The quantitative estimate of drug-likeness (QED) is 0.941. The highest BCUT2D eigenvalue weighted by atomic mass is 79.9. The van der Waals surface area contributed by atoms with Crippen LogP contribution in [0.2, 0.25) is 5.02 Å². The maximum atomic E-state index is 9.30. The fraction of sp³-hybridized carbons (Fsp3) is 0.333. The first-order valence-corrected chi connectivity index (χ1v) is 6.88. The number of nitrogens with zero attached hydrogens (tertiary/aromatic N) is 3. The van der Waals surface area contributed by atoms with Crippen molar-refractivity contribution in [1.82, 2.24) is 14.8 Å². The first-order chi connectivity index (χ1) is 8.70. The summed E-state index contributed by atoms with van der Waals surface area (Å²) in [6.45, 7) is -0.0895. The van der Waals surface area contributed by atoms with Crippen molar-refractivity contribution >= 4 is 27.5 Å². The SMILES string of the molecule is OCc1nnc(-c2ccc(Br)c(Cl)c2)n1C1CC1. The Kier molecular flexibility index (Phi) is 3.13. The number of rotatable bonds is 3. The largest absolute Gasteiger partial charge is 0.388 e. The van der Waals surface area contributed by atoms with Crippen LogP contribution in [0.3, 0.4) is 0 Å². The molecule has 0 bridgehead atoms. The van der Waals surface area contributed by atoms with Crippen LogP contribution < -0.4 is 0 Å². The van der Waals surface area contributed by atoms with Gasteiger partial charge in [0, 0.05) is 16.1 Å². The van der Waals surface area contributed by atoms with E-state index >= 15 is 0 Å². The van der Waals surface area contributed by atoms with Crippen LogP contribution in [0.5, 0.6) is 0 Å². The molecule has 4 nitrogen and oxygen atoms in total. The predicted molar refractivity (Wildman–Crippen MR) is 72.4 cm³/mol. The lowest BCUT2D eigenvalue weighted by Gasteiger charge is -2.08. The van der Waals surface area contributed by atoms with Crippen molar-refractivity contribution in [3.63, 3.8) is 0 Å². The molecule has 1 N–H and O–H groups in total. The molecule has 1 saturated carbocycles. The van der Waals surface area contributed by atoms with Gasteiger partial charge < -0.3 is 9.67 Å². The zero-order valence-corrected chi connectivity index (χ0v) is 11.8. The van der Waals surface area contributed by atoms with Crippen LogP contribution in [0.25, 0.3) is 11.4 Å². The average molecular weight is 329 g/mol. The molecular weight excluding hydrogens is 318 g/mol. The van der Waals surface area contributed by atoms with Crippen LogP contribution in [0.15, 0.2) is 22.7 Å². The smallest absolute Gasteiger partial charge is 0.164 e. The number of aliphatic hydroxyl groups excluding tert-OH is 1. The number of aliphatic hydroxyl groups is 1. The van der Waals surface area contributed by atoms with Gasteiger partial charge in [-0.2, -0.15) is 0 Å². The molecule has 1 fully saturated rings. The second-order valence-corrected chi connectivity index (χ2v) is 5.59. The molecule has 1 aliphatic carbocycles. The molecule has 0 radical (unpaired) electrons. The summed E-state index contributed by atoms with van der Waals surface area (Å²) in [4.78, 5) is 0. The number of hydrogen-bond donors (Lipinski definition) is 1. The Morgan fingerprint density at radius 1 is 1.39 bits per heavy atom. The van der Waals surface area contributed by atoms with Crippen molar-refractivity contribution < 1.29 is 5.11 Å². The molecule has 0 aliphatic heterocycles. The maximum absolute atomic E-state index is 9.30. The van der Waals surface area contributed by atoms with Gasteiger partial charge in [0.2, 0.25) is 0 Å². The minimum absolute atomic E-state index is 0.0895. The summed E-state index contributed by atoms with van der Waals surface area (Å²) in [7, 11) is 0. The molecule has 3 rings (SSSR count). The predicted octanol–water partition coefficient (Wildman–Crippen LogP) is 3.19. The van der Waals surface area contributed by atoms with E-state index in [1.165, 1.54) is 0 Å². The van der Waals surface area contributed by atoms with Crippen LogP contribution in [0, 0.1) is 0 Å². The number of aromatic nitrogens is 3. The van der Waals surface area contributed by atoms with Gasteiger partial charge in [-0.1, -0.05) is 11.6 Å². The summed E-state index contributed by atoms with van der Waals surface area (Å²) in [6.07, 6.45) is 2.23. The fourth-order valence-corrected chi connectivity index (χ4v) is 2.41. The first-order valence-electron chi connectivity index (χ1n) is 5.70. The third-order valence-electron chi connectivity index (χ3n) is 3.00. The summed E-state index contributed by atoms with van der Waals surface area (Å²) in [5, 5.41) is 18.1. The lowest BCUT2D eigenvalue weighted by Crippen LogP contribution is -2.03. The first kappa shape index (κ1) is 12.1. The van der Waals surface area contributed by atoms with Crippen molar-refractivity contribution in [2.24, 2.45) is 0 Å². The molecule has 0 unspecified atom stereocenters. The molecule has 18 heavy (non-hydrogen) atoms. The van der Waals surface area contributed by atoms with E-state index in [0.717, 1.165) is 28.7 Å². The average Bonchev–Trinajstić information content (AvgIpc) is 3.12. The minimum Gasteiger partial charge on any atom is -0.388 e. The third-order valence-corrected chi connectivity index (χ3v) is 4.23. The topological polar surface area (TPSA) is 50.9 Å². The van der Waals surface area contributed by atoms with Gasteiger partial charge in [-0.3, -0.25) is 0 Å². The van der Waals surface area contributed by atoms with E-state index in [2.05, 4.69) is 26.1 Å². The summed E-state index contributed by atoms with van der Waals surface area (Å²) in [6, 6.07) is 6.11.